The van der Waals surface area contributed by atoms with Gasteiger partial charge >= 0.3 is 0 Å². The van der Waals surface area contributed by atoms with E-state index in [2.05, 4.69) is 5.32 Å². The van der Waals surface area contributed by atoms with Gasteiger partial charge in [0.05, 0.1) is 11.8 Å². The topological polar surface area (TPSA) is 62.6 Å². The molecule has 2 heterocycles. The summed E-state index contributed by atoms with van der Waals surface area (Å²) in [4.78, 5) is 25.5. The van der Waals surface area contributed by atoms with E-state index >= 15 is 0 Å². The van der Waals surface area contributed by atoms with Crippen molar-refractivity contribution in [1.82, 2.24) is 10.2 Å². The summed E-state index contributed by atoms with van der Waals surface area (Å²) in [6.07, 6.45) is 4.44. The molecule has 17 heavy (non-hydrogen) atoms. The normalized spacial score (nSPS) is 20.2. The molecule has 1 aromatic heterocycles. The quantitative estimate of drug-likeness (QED) is 0.852. The summed E-state index contributed by atoms with van der Waals surface area (Å²) < 4.78 is 4.90. The zero-order valence-corrected chi connectivity index (χ0v) is 9.81. The zero-order valence-electron chi connectivity index (χ0n) is 9.81. The fraction of sp³-hybridized carbons (Fsp3) is 0.500. The minimum Gasteiger partial charge on any atom is -0.472 e. The zero-order chi connectivity index (χ0) is 12.3. The molecule has 5 heteroatoms. The molecule has 2 rings (SSSR count). The van der Waals surface area contributed by atoms with Gasteiger partial charge in [0.1, 0.15) is 12.3 Å². The Bertz CT molecular complexity index is 400. The molecule has 1 aromatic rings. The van der Waals surface area contributed by atoms with Crippen molar-refractivity contribution >= 4 is 11.8 Å². The Hall–Kier alpha value is -1.78. The summed E-state index contributed by atoms with van der Waals surface area (Å²) in [5.74, 6) is -0.193. The van der Waals surface area contributed by atoms with E-state index in [1.807, 2.05) is 6.92 Å². The van der Waals surface area contributed by atoms with Crippen molar-refractivity contribution in [2.45, 2.75) is 25.8 Å². The molecule has 1 aliphatic heterocycles. The van der Waals surface area contributed by atoms with Crippen LogP contribution in [0.3, 0.4) is 0 Å². The second kappa shape index (κ2) is 5.03. The molecule has 1 atom stereocenters. The Morgan fingerprint density at radius 1 is 1.65 bits per heavy atom. The van der Waals surface area contributed by atoms with Crippen LogP contribution >= 0.6 is 0 Å². The van der Waals surface area contributed by atoms with Gasteiger partial charge in [0.15, 0.2) is 0 Å². The Morgan fingerprint density at radius 3 is 3.12 bits per heavy atom. The fourth-order valence-corrected chi connectivity index (χ4v) is 2.07. The van der Waals surface area contributed by atoms with Crippen LogP contribution in [0.4, 0.5) is 0 Å². The molecular formula is C12H16N2O3. The van der Waals surface area contributed by atoms with Gasteiger partial charge in [-0.3, -0.25) is 9.59 Å². The molecule has 0 radical (unpaired) electrons. The number of nitrogens with one attached hydrogen (secondary N) is 1. The van der Waals surface area contributed by atoms with Gasteiger partial charge in [-0.25, -0.2) is 0 Å². The summed E-state index contributed by atoms with van der Waals surface area (Å²) in [6.45, 7) is 3.07. The number of furan rings is 1. The first-order valence-electron chi connectivity index (χ1n) is 5.85. The van der Waals surface area contributed by atoms with Gasteiger partial charge in [-0.15, -0.1) is 0 Å². The molecule has 0 saturated carbocycles. The van der Waals surface area contributed by atoms with Crippen molar-refractivity contribution in [3.8, 4) is 0 Å². The maximum absolute atomic E-state index is 12.2. The monoisotopic (exact) mass is 236 g/mol. The molecule has 2 amide bonds. The highest BCUT2D eigenvalue weighted by atomic mass is 16.3. The molecule has 1 aliphatic rings. The minimum atomic E-state index is -0.351. The van der Waals surface area contributed by atoms with E-state index in [0.29, 0.717) is 25.1 Å². The van der Waals surface area contributed by atoms with Gasteiger partial charge in [0.25, 0.3) is 5.91 Å². The van der Waals surface area contributed by atoms with Crippen LogP contribution in [0.2, 0.25) is 0 Å². The van der Waals surface area contributed by atoms with E-state index in [1.54, 1.807) is 11.0 Å². The van der Waals surface area contributed by atoms with Crippen molar-refractivity contribution < 1.29 is 14.0 Å². The fourth-order valence-electron chi connectivity index (χ4n) is 2.07. The number of piperazine rings is 1. The summed E-state index contributed by atoms with van der Waals surface area (Å²) in [7, 11) is 0. The standard InChI is InChI=1S/C12H16N2O3/c1-2-3-10-11(15)13-5-6-14(10)12(16)9-4-7-17-8-9/h4,7-8,10H,2-3,5-6H2,1H3,(H,13,15)/t10-/m0/s1. The third kappa shape index (κ3) is 2.33. The minimum absolute atomic E-state index is 0.0602. The summed E-state index contributed by atoms with van der Waals surface area (Å²) in [5.41, 5.74) is 0.501. The van der Waals surface area contributed by atoms with Crippen molar-refractivity contribution in [3.63, 3.8) is 0 Å². The van der Waals surface area contributed by atoms with Gasteiger partial charge in [0.2, 0.25) is 5.91 Å². The van der Waals surface area contributed by atoms with Crippen molar-refractivity contribution in [2.24, 2.45) is 0 Å². The van der Waals surface area contributed by atoms with Crippen molar-refractivity contribution in [1.29, 1.82) is 0 Å². The Labute approximate surface area is 99.8 Å². The van der Waals surface area contributed by atoms with Crippen LogP contribution in [-0.2, 0) is 4.79 Å². The van der Waals surface area contributed by atoms with Gasteiger partial charge in [-0.2, -0.15) is 0 Å². The Morgan fingerprint density at radius 2 is 2.47 bits per heavy atom. The van der Waals surface area contributed by atoms with Crippen LogP contribution in [-0.4, -0.2) is 35.8 Å². The number of amides is 2. The molecule has 0 spiro atoms. The van der Waals surface area contributed by atoms with Gasteiger partial charge in [-0.05, 0) is 12.5 Å². The van der Waals surface area contributed by atoms with Gasteiger partial charge in [-0.1, -0.05) is 13.3 Å². The summed E-state index contributed by atoms with van der Waals surface area (Å²) >= 11 is 0. The predicted octanol–water partition coefficient (Wildman–Crippen LogP) is 1.02. The lowest BCUT2D eigenvalue weighted by atomic mass is 10.1. The van der Waals surface area contributed by atoms with Crippen LogP contribution in [0, 0.1) is 0 Å². The summed E-state index contributed by atoms with van der Waals surface area (Å²) in [6, 6.07) is 1.27. The van der Waals surface area contributed by atoms with E-state index < -0.39 is 0 Å². The maximum atomic E-state index is 12.2. The lowest BCUT2D eigenvalue weighted by molar-refractivity contribution is -0.128. The lowest BCUT2D eigenvalue weighted by Crippen LogP contribution is -2.57. The number of hydrogen-bond acceptors (Lipinski definition) is 3. The van der Waals surface area contributed by atoms with E-state index in [0.717, 1.165) is 6.42 Å². The first kappa shape index (κ1) is 11.7. The molecule has 0 bridgehead atoms. The molecule has 0 unspecified atom stereocenters. The van der Waals surface area contributed by atoms with Crippen molar-refractivity contribution in [3.05, 3.63) is 24.2 Å². The third-order valence-electron chi connectivity index (χ3n) is 2.92. The Kier molecular flexibility index (Phi) is 3.46. The van der Waals surface area contributed by atoms with Crippen LogP contribution in [0.1, 0.15) is 30.1 Å². The van der Waals surface area contributed by atoms with E-state index in [1.165, 1.54) is 12.5 Å². The van der Waals surface area contributed by atoms with Gasteiger partial charge in [0, 0.05) is 13.1 Å². The highest BCUT2D eigenvalue weighted by Gasteiger charge is 2.32. The first-order valence-corrected chi connectivity index (χ1v) is 5.85. The average molecular weight is 236 g/mol. The molecule has 1 fully saturated rings. The van der Waals surface area contributed by atoms with Crippen molar-refractivity contribution in [2.75, 3.05) is 13.1 Å². The number of rotatable bonds is 3. The van der Waals surface area contributed by atoms with Crippen LogP contribution in [0.15, 0.2) is 23.0 Å². The average Bonchev–Trinajstić information content (AvgIpc) is 2.85. The first-order chi connectivity index (χ1) is 8.24. The van der Waals surface area contributed by atoms with E-state index in [9.17, 15) is 9.59 Å². The highest BCUT2D eigenvalue weighted by molar-refractivity contribution is 5.97. The number of nitrogens with zero attached hydrogens (tertiary/aromatic N) is 1. The number of carbonyl (C=O) groups is 2. The highest BCUT2D eigenvalue weighted by Crippen LogP contribution is 2.15. The maximum Gasteiger partial charge on any atom is 0.257 e. The third-order valence-corrected chi connectivity index (χ3v) is 2.92. The second-order valence-electron chi connectivity index (χ2n) is 4.11. The Balaban J connectivity index is 2.17. The second-order valence-corrected chi connectivity index (χ2v) is 4.11. The predicted molar refractivity (Wildman–Crippen MR) is 61.5 cm³/mol. The molecule has 1 N–H and O–H groups in total. The molecular weight excluding hydrogens is 220 g/mol. The number of carbonyl (C=O) groups excluding carboxylic acids is 2. The summed E-state index contributed by atoms with van der Waals surface area (Å²) in [5, 5.41) is 2.79. The lowest BCUT2D eigenvalue weighted by Gasteiger charge is -2.34. The van der Waals surface area contributed by atoms with Gasteiger partial charge < -0.3 is 14.6 Å². The SMILES string of the molecule is CCC[C@H]1C(=O)NCCN1C(=O)c1ccoc1. The molecule has 0 aromatic carbocycles. The van der Waals surface area contributed by atoms with Crippen LogP contribution in [0.5, 0.6) is 0 Å². The molecule has 0 aliphatic carbocycles. The van der Waals surface area contributed by atoms with Crippen LogP contribution < -0.4 is 5.32 Å². The molecule has 5 nitrogen and oxygen atoms in total. The molecule has 1 saturated heterocycles. The van der Waals surface area contributed by atoms with Crippen LogP contribution in [0.25, 0.3) is 0 Å². The molecule has 92 valence electrons. The number of hydrogen-bond donors (Lipinski definition) is 1. The van der Waals surface area contributed by atoms with E-state index in [4.69, 9.17) is 4.42 Å². The largest absolute Gasteiger partial charge is 0.472 e. The smallest absolute Gasteiger partial charge is 0.257 e. The van der Waals surface area contributed by atoms with E-state index in [-0.39, 0.29) is 17.9 Å².